The van der Waals surface area contributed by atoms with Crippen LogP contribution in [0.4, 0.5) is 0 Å². The summed E-state index contributed by atoms with van der Waals surface area (Å²) < 4.78 is 5.48. The van der Waals surface area contributed by atoms with Gasteiger partial charge in [0.1, 0.15) is 5.75 Å². The van der Waals surface area contributed by atoms with E-state index in [1.54, 1.807) is 12.7 Å². The minimum absolute atomic E-state index is 0.0467. The quantitative estimate of drug-likeness (QED) is 0.0584. The van der Waals surface area contributed by atoms with E-state index in [1.807, 2.05) is 6.20 Å². The third-order valence-corrected chi connectivity index (χ3v) is 11.5. The molecule has 50 heavy (non-hydrogen) atoms. The lowest BCUT2D eigenvalue weighted by Crippen LogP contribution is -2.18. The number of ether oxygens (including phenoxy) is 1. The Labute approximate surface area is 304 Å². The van der Waals surface area contributed by atoms with Crippen molar-refractivity contribution >= 4 is 11.4 Å². The maximum Gasteiger partial charge on any atom is 0.166 e. The van der Waals surface area contributed by atoms with Crippen molar-refractivity contribution < 1.29 is 9.53 Å². The van der Waals surface area contributed by atoms with Crippen LogP contribution in [0.25, 0.3) is 5.57 Å². The van der Waals surface area contributed by atoms with Crippen LogP contribution in [0, 0.1) is 38.5 Å². The average Bonchev–Trinajstić information content (AvgIpc) is 3.38. The number of pyridine rings is 1. The molecule has 0 saturated heterocycles. The normalized spacial score (nSPS) is 16.5. The summed E-state index contributed by atoms with van der Waals surface area (Å²) in [7, 11) is 1.73. The summed E-state index contributed by atoms with van der Waals surface area (Å²) >= 11 is 0. The molecular formula is C47H63NO2. The molecule has 0 saturated carbocycles. The molecule has 4 atom stereocenters. The molecule has 2 aromatic carbocycles. The van der Waals surface area contributed by atoms with E-state index in [2.05, 4.69) is 114 Å². The van der Waals surface area contributed by atoms with Crippen molar-refractivity contribution in [2.24, 2.45) is 17.8 Å². The second-order valence-electron chi connectivity index (χ2n) is 14.9. The van der Waals surface area contributed by atoms with Crippen molar-refractivity contribution in [3.8, 4) is 5.75 Å². The Hall–Kier alpha value is -3.68. The van der Waals surface area contributed by atoms with Gasteiger partial charge in [0.2, 0.25) is 0 Å². The zero-order valence-electron chi connectivity index (χ0n) is 32.2. The SMILES string of the molecule is C=C=C(CCCCCC)c1cc(C)c(C(=O)C(CC)CC[C@@H](C)C2=CCCC(C(Cc3cnccc3C)c3ccc(OC)cc3)CC2)c(C)c1. The molecule has 1 aromatic heterocycles. The number of ketones is 1. The number of unbranched alkanes of at least 4 members (excludes halogenated alkanes) is 3. The van der Waals surface area contributed by atoms with Gasteiger partial charge in [0.15, 0.2) is 5.78 Å². The molecule has 3 heteroatoms. The van der Waals surface area contributed by atoms with Crippen LogP contribution in [0.1, 0.15) is 147 Å². The summed E-state index contributed by atoms with van der Waals surface area (Å²) in [6.45, 7) is 17.2. The zero-order valence-corrected chi connectivity index (χ0v) is 32.2. The van der Waals surface area contributed by atoms with Crippen LogP contribution < -0.4 is 4.74 Å². The Kier molecular flexibility index (Phi) is 15.4. The fourth-order valence-electron chi connectivity index (χ4n) is 8.24. The molecule has 0 amide bonds. The predicted octanol–water partition coefficient (Wildman–Crippen LogP) is 12.9. The highest BCUT2D eigenvalue weighted by molar-refractivity contribution is 6.00. The number of carbonyl (C=O) groups excluding carboxylic acids is 1. The minimum Gasteiger partial charge on any atom is -0.497 e. The van der Waals surface area contributed by atoms with Gasteiger partial charge in [0.05, 0.1) is 7.11 Å². The Morgan fingerprint density at radius 3 is 2.36 bits per heavy atom. The molecule has 3 unspecified atom stereocenters. The van der Waals surface area contributed by atoms with E-state index in [4.69, 9.17) is 4.74 Å². The monoisotopic (exact) mass is 673 g/mol. The first-order valence-electron chi connectivity index (χ1n) is 19.5. The van der Waals surface area contributed by atoms with Crippen molar-refractivity contribution in [3.05, 3.63) is 118 Å². The zero-order chi connectivity index (χ0) is 36.0. The second kappa shape index (κ2) is 19.6. The van der Waals surface area contributed by atoms with E-state index in [0.29, 0.717) is 23.5 Å². The second-order valence-corrected chi connectivity index (χ2v) is 14.9. The van der Waals surface area contributed by atoms with E-state index < -0.39 is 0 Å². The fourth-order valence-corrected chi connectivity index (χ4v) is 8.24. The highest BCUT2D eigenvalue weighted by Crippen LogP contribution is 2.40. The lowest BCUT2D eigenvalue weighted by molar-refractivity contribution is 0.0904. The van der Waals surface area contributed by atoms with Gasteiger partial charge < -0.3 is 4.74 Å². The van der Waals surface area contributed by atoms with Crippen LogP contribution >= 0.6 is 0 Å². The third-order valence-electron chi connectivity index (χ3n) is 11.5. The topological polar surface area (TPSA) is 39.2 Å². The van der Waals surface area contributed by atoms with Crippen molar-refractivity contribution in [1.82, 2.24) is 4.98 Å². The summed E-state index contributed by atoms with van der Waals surface area (Å²) in [6.07, 6.45) is 20.9. The summed E-state index contributed by atoms with van der Waals surface area (Å²) in [5.41, 5.74) is 14.3. The molecule has 3 aromatic rings. The van der Waals surface area contributed by atoms with Crippen molar-refractivity contribution in [1.29, 1.82) is 0 Å². The van der Waals surface area contributed by atoms with Crippen LogP contribution in [0.3, 0.4) is 0 Å². The van der Waals surface area contributed by atoms with Gasteiger partial charge in [0.25, 0.3) is 0 Å². The lowest BCUT2D eigenvalue weighted by Gasteiger charge is -2.28. The number of hydrogen-bond donors (Lipinski definition) is 0. The van der Waals surface area contributed by atoms with Gasteiger partial charge in [-0.25, -0.2) is 0 Å². The van der Waals surface area contributed by atoms with E-state index in [1.165, 1.54) is 59.9 Å². The van der Waals surface area contributed by atoms with Crippen LogP contribution in [0.15, 0.2) is 78.8 Å². The van der Waals surface area contributed by atoms with Gasteiger partial charge in [-0.15, -0.1) is 5.73 Å². The maximum atomic E-state index is 14.1. The molecular weight excluding hydrogens is 611 g/mol. The highest BCUT2D eigenvalue weighted by atomic mass is 16.5. The summed E-state index contributed by atoms with van der Waals surface area (Å²) in [5, 5.41) is 0. The molecule has 3 nitrogen and oxygen atoms in total. The van der Waals surface area contributed by atoms with Gasteiger partial charge in [-0.1, -0.05) is 82.5 Å². The Morgan fingerprint density at radius 1 is 0.980 bits per heavy atom. The number of carbonyl (C=O) groups is 1. The van der Waals surface area contributed by atoms with Crippen LogP contribution in [-0.2, 0) is 6.42 Å². The highest BCUT2D eigenvalue weighted by Gasteiger charge is 2.28. The van der Waals surface area contributed by atoms with E-state index in [-0.39, 0.29) is 5.92 Å². The van der Waals surface area contributed by atoms with E-state index >= 15 is 0 Å². The molecule has 0 aliphatic heterocycles. The van der Waals surface area contributed by atoms with E-state index in [9.17, 15) is 4.79 Å². The first-order chi connectivity index (χ1) is 24.2. The molecule has 0 N–H and O–H groups in total. The van der Waals surface area contributed by atoms with Gasteiger partial charge in [-0.3, -0.25) is 9.78 Å². The van der Waals surface area contributed by atoms with Crippen LogP contribution in [0.2, 0.25) is 0 Å². The molecule has 0 bridgehead atoms. The molecule has 0 spiro atoms. The number of rotatable bonds is 18. The number of aryl methyl sites for hydroxylation is 3. The number of methoxy groups -OCH3 is 1. The van der Waals surface area contributed by atoms with Crippen LogP contribution in [-0.4, -0.2) is 17.9 Å². The van der Waals surface area contributed by atoms with Gasteiger partial charge in [-0.05, 0) is 154 Å². The average molecular weight is 674 g/mol. The van der Waals surface area contributed by atoms with Crippen LogP contribution in [0.5, 0.6) is 5.75 Å². The number of Topliss-reactive ketones (excluding diaryl/α,β-unsaturated/α-hetero) is 1. The lowest BCUT2D eigenvalue weighted by atomic mass is 9.77. The van der Waals surface area contributed by atoms with Gasteiger partial charge in [-0.2, -0.15) is 0 Å². The number of allylic oxidation sites excluding steroid dienone is 3. The number of aromatic nitrogens is 1. The Morgan fingerprint density at radius 2 is 1.72 bits per heavy atom. The van der Waals surface area contributed by atoms with Crippen molar-refractivity contribution in [3.63, 3.8) is 0 Å². The fraction of sp³-hybridized carbons (Fsp3) is 0.511. The summed E-state index contributed by atoms with van der Waals surface area (Å²) in [6, 6.07) is 15.3. The maximum absolute atomic E-state index is 14.1. The van der Waals surface area contributed by atoms with Gasteiger partial charge in [0, 0.05) is 29.4 Å². The molecule has 1 aliphatic rings. The first kappa shape index (κ1) is 39.1. The standard InChI is InChI=1S/C47H63NO2/c1-9-12-13-14-16-37(10-2)42-29-35(6)46(36(7)30-42)47(49)38(11-3)20-19-33(4)39-17-15-18-40(22-21-39)45(31-43-32-48-28-27-34(43)5)41-23-25-44(50-8)26-24-41/h17,23-30,32-33,38,40,45H,2,9,11-16,18-22,31H2,1,3-8H3/t33-,38?,40?,45?/m1/s1. The smallest absolute Gasteiger partial charge is 0.166 e. The molecule has 1 aliphatic carbocycles. The third kappa shape index (κ3) is 10.4. The number of benzene rings is 2. The first-order valence-corrected chi connectivity index (χ1v) is 19.5. The van der Waals surface area contributed by atoms with E-state index in [0.717, 1.165) is 73.8 Å². The van der Waals surface area contributed by atoms with Crippen molar-refractivity contribution in [2.45, 2.75) is 131 Å². The molecule has 1 heterocycles. The molecule has 268 valence electrons. The molecule has 0 fully saturated rings. The molecule has 4 rings (SSSR count). The van der Waals surface area contributed by atoms with Crippen molar-refractivity contribution in [2.75, 3.05) is 7.11 Å². The number of hydrogen-bond acceptors (Lipinski definition) is 3. The summed E-state index contributed by atoms with van der Waals surface area (Å²) in [5.74, 6) is 2.78. The largest absolute Gasteiger partial charge is 0.497 e. The summed E-state index contributed by atoms with van der Waals surface area (Å²) in [4.78, 5) is 18.5. The Balaban J connectivity index is 1.40. The minimum atomic E-state index is 0.0467. The Bertz CT molecular complexity index is 1600. The molecule has 0 radical (unpaired) electrons. The predicted molar refractivity (Wildman–Crippen MR) is 212 cm³/mol. The number of nitrogens with zero attached hydrogens (tertiary/aromatic N) is 1. The van der Waals surface area contributed by atoms with Gasteiger partial charge >= 0.3 is 0 Å².